The van der Waals surface area contributed by atoms with Crippen LogP contribution in [-0.4, -0.2) is 18.6 Å². The van der Waals surface area contributed by atoms with Crippen LogP contribution >= 0.6 is 0 Å². The molecule has 0 aliphatic heterocycles. The third-order valence-electron chi connectivity index (χ3n) is 3.15. The fraction of sp³-hybridized carbons (Fsp3) is 0.667. The molecule has 0 spiro atoms. The summed E-state index contributed by atoms with van der Waals surface area (Å²) in [5.41, 5.74) is 4.71. The molecule has 0 atom stereocenters. The second-order valence-electron chi connectivity index (χ2n) is 4.19. The van der Waals surface area contributed by atoms with Crippen LogP contribution in [0.5, 0.6) is 0 Å². The molecule has 0 unspecified atom stereocenters. The van der Waals surface area contributed by atoms with Gasteiger partial charge in [0.1, 0.15) is 0 Å². The van der Waals surface area contributed by atoms with Crippen molar-refractivity contribution in [2.24, 2.45) is 0 Å². The molecule has 1 aliphatic carbocycles. The molecule has 2 rings (SSSR count). The number of fused-ring (bicyclic) bond motifs is 1. The maximum absolute atomic E-state index is 3.43. The third-order valence-corrected chi connectivity index (χ3v) is 3.15. The van der Waals surface area contributed by atoms with Gasteiger partial charge in [-0.25, -0.2) is 0 Å². The number of aryl methyl sites for hydroxylation is 2. The van der Waals surface area contributed by atoms with Crippen LogP contribution < -0.4 is 5.32 Å². The Morgan fingerprint density at radius 3 is 3.07 bits per heavy atom. The summed E-state index contributed by atoms with van der Waals surface area (Å²) in [5.74, 6) is 0. The number of aromatic nitrogens is 1. The molecule has 0 bridgehead atoms. The number of rotatable bonds is 4. The largest absolute Gasteiger partial charge is 0.364 e. The van der Waals surface area contributed by atoms with Gasteiger partial charge in [-0.3, -0.25) is 0 Å². The number of hydrogen-bond donors (Lipinski definition) is 2. The molecule has 78 valence electrons. The lowest BCUT2D eigenvalue weighted by atomic mass is 9.93. The molecule has 0 saturated carbocycles. The van der Waals surface area contributed by atoms with Crippen molar-refractivity contribution < 1.29 is 0 Å². The van der Waals surface area contributed by atoms with Crippen molar-refractivity contribution in [3.8, 4) is 0 Å². The minimum atomic E-state index is 1.12. The molecule has 1 aromatic heterocycles. The Morgan fingerprint density at radius 1 is 1.36 bits per heavy atom. The zero-order chi connectivity index (χ0) is 9.80. The smallest absolute Gasteiger partial charge is 0.0182 e. The predicted octanol–water partition coefficient (Wildman–Crippen LogP) is 2.05. The average Bonchev–Trinajstić information content (AvgIpc) is 2.63. The Balaban J connectivity index is 1.99. The van der Waals surface area contributed by atoms with Crippen LogP contribution in [0.3, 0.4) is 0 Å². The monoisotopic (exact) mass is 192 g/mol. The summed E-state index contributed by atoms with van der Waals surface area (Å²) >= 11 is 0. The van der Waals surface area contributed by atoms with Crippen molar-refractivity contribution in [2.75, 3.05) is 13.6 Å². The summed E-state index contributed by atoms with van der Waals surface area (Å²) in [6.07, 6.45) is 10.0. The number of H-pyrrole nitrogens is 1. The first-order chi connectivity index (χ1) is 6.92. The van der Waals surface area contributed by atoms with Crippen LogP contribution in [0.1, 0.15) is 36.1 Å². The topological polar surface area (TPSA) is 27.8 Å². The second-order valence-corrected chi connectivity index (χ2v) is 4.19. The van der Waals surface area contributed by atoms with Crippen molar-refractivity contribution in [1.29, 1.82) is 0 Å². The van der Waals surface area contributed by atoms with Crippen molar-refractivity contribution in [2.45, 2.75) is 38.5 Å². The highest BCUT2D eigenvalue weighted by atomic mass is 14.8. The standard InChI is InChI=1S/C12H20N2/c1-13-8-4-5-10-9-14-12-7-3-2-6-11(10)12/h9,13-14H,2-8H2,1H3. The minimum Gasteiger partial charge on any atom is -0.364 e. The predicted molar refractivity (Wildman–Crippen MR) is 59.7 cm³/mol. The highest BCUT2D eigenvalue weighted by Crippen LogP contribution is 2.24. The third kappa shape index (κ3) is 2.01. The fourth-order valence-electron chi connectivity index (χ4n) is 2.36. The van der Waals surface area contributed by atoms with Crippen LogP contribution in [0, 0.1) is 0 Å². The molecular formula is C12H20N2. The van der Waals surface area contributed by atoms with Crippen LogP contribution in [0.15, 0.2) is 6.20 Å². The fourth-order valence-corrected chi connectivity index (χ4v) is 2.36. The van der Waals surface area contributed by atoms with Gasteiger partial charge in [-0.05, 0) is 63.2 Å². The molecule has 1 heterocycles. The maximum atomic E-state index is 3.43. The molecule has 14 heavy (non-hydrogen) atoms. The van der Waals surface area contributed by atoms with Crippen molar-refractivity contribution in [1.82, 2.24) is 10.3 Å². The quantitative estimate of drug-likeness (QED) is 0.702. The molecule has 0 saturated heterocycles. The summed E-state index contributed by atoms with van der Waals surface area (Å²) < 4.78 is 0. The van der Waals surface area contributed by atoms with Gasteiger partial charge < -0.3 is 10.3 Å². The summed E-state index contributed by atoms with van der Waals surface area (Å²) in [6, 6.07) is 0. The highest BCUT2D eigenvalue weighted by molar-refractivity contribution is 5.32. The number of hydrogen-bond acceptors (Lipinski definition) is 1. The second kappa shape index (κ2) is 4.65. The normalized spacial score (nSPS) is 15.5. The van der Waals surface area contributed by atoms with Crippen LogP contribution in [0.2, 0.25) is 0 Å². The lowest BCUT2D eigenvalue weighted by Crippen LogP contribution is -2.09. The molecule has 2 heteroatoms. The Hall–Kier alpha value is -0.760. The first-order valence-electron chi connectivity index (χ1n) is 5.74. The van der Waals surface area contributed by atoms with Gasteiger partial charge in [0.25, 0.3) is 0 Å². The first kappa shape index (κ1) is 9.78. The van der Waals surface area contributed by atoms with Crippen molar-refractivity contribution in [3.05, 3.63) is 23.0 Å². The van der Waals surface area contributed by atoms with Gasteiger partial charge in [-0.15, -0.1) is 0 Å². The molecule has 1 aromatic rings. The molecule has 1 aliphatic rings. The Morgan fingerprint density at radius 2 is 2.21 bits per heavy atom. The number of aromatic amines is 1. The zero-order valence-corrected chi connectivity index (χ0v) is 9.03. The van der Waals surface area contributed by atoms with E-state index in [1.807, 2.05) is 7.05 Å². The van der Waals surface area contributed by atoms with E-state index in [2.05, 4.69) is 16.5 Å². The van der Waals surface area contributed by atoms with E-state index in [9.17, 15) is 0 Å². The van der Waals surface area contributed by atoms with Crippen LogP contribution in [0.4, 0.5) is 0 Å². The Kier molecular flexibility index (Phi) is 3.25. The van der Waals surface area contributed by atoms with Crippen LogP contribution in [0.25, 0.3) is 0 Å². The van der Waals surface area contributed by atoms with Crippen molar-refractivity contribution >= 4 is 0 Å². The average molecular weight is 192 g/mol. The van der Waals surface area contributed by atoms with E-state index in [1.54, 1.807) is 11.1 Å². The molecule has 2 nitrogen and oxygen atoms in total. The zero-order valence-electron chi connectivity index (χ0n) is 9.03. The van der Waals surface area contributed by atoms with Gasteiger partial charge in [0.2, 0.25) is 0 Å². The molecule has 0 fully saturated rings. The van der Waals surface area contributed by atoms with E-state index >= 15 is 0 Å². The van der Waals surface area contributed by atoms with Gasteiger partial charge in [0.15, 0.2) is 0 Å². The summed E-state index contributed by atoms with van der Waals surface area (Å²) in [5, 5.41) is 3.20. The molecular weight excluding hydrogens is 172 g/mol. The van der Waals surface area contributed by atoms with Crippen LogP contribution in [-0.2, 0) is 19.3 Å². The SMILES string of the molecule is CNCCCc1c[nH]c2c1CCCC2. The molecule has 2 N–H and O–H groups in total. The summed E-state index contributed by atoms with van der Waals surface area (Å²) in [4.78, 5) is 3.43. The van der Waals surface area contributed by atoms with Gasteiger partial charge in [0.05, 0.1) is 0 Å². The maximum Gasteiger partial charge on any atom is 0.0182 e. The Bertz CT molecular complexity index is 289. The Labute approximate surface area is 86.1 Å². The minimum absolute atomic E-state index is 1.12. The van der Waals surface area contributed by atoms with Gasteiger partial charge in [-0.2, -0.15) is 0 Å². The van der Waals surface area contributed by atoms with E-state index in [-0.39, 0.29) is 0 Å². The molecule has 0 aromatic carbocycles. The van der Waals surface area contributed by atoms with Gasteiger partial charge in [0, 0.05) is 11.9 Å². The van der Waals surface area contributed by atoms with Gasteiger partial charge in [-0.1, -0.05) is 0 Å². The summed E-state index contributed by atoms with van der Waals surface area (Å²) in [6.45, 7) is 1.12. The first-order valence-corrected chi connectivity index (χ1v) is 5.74. The van der Waals surface area contributed by atoms with Gasteiger partial charge >= 0.3 is 0 Å². The summed E-state index contributed by atoms with van der Waals surface area (Å²) in [7, 11) is 2.02. The van der Waals surface area contributed by atoms with E-state index < -0.39 is 0 Å². The van der Waals surface area contributed by atoms with E-state index in [0.29, 0.717) is 0 Å². The van der Waals surface area contributed by atoms with E-state index in [0.717, 1.165) is 6.54 Å². The highest BCUT2D eigenvalue weighted by Gasteiger charge is 2.14. The lowest BCUT2D eigenvalue weighted by molar-refractivity contribution is 0.667. The van der Waals surface area contributed by atoms with E-state index in [1.165, 1.54) is 44.2 Å². The number of nitrogens with one attached hydrogen (secondary N) is 2. The molecule has 0 amide bonds. The van der Waals surface area contributed by atoms with Crippen molar-refractivity contribution in [3.63, 3.8) is 0 Å². The van der Waals surface area contributed by atoms with E-state index in [4.69, 9.17) is 0 Å². The lowest BCUT2D eigenvalue weighted by Gasteiger charge is -2.12. The molecule has 0 radical (unpaired) electrons.